The Morgan fingerprint density at radius 1 is 1.15 bits per heavy atom. The van der Waals surface area contributed by atoms with Gasteiger partial charge in [0, 0.05) is 24.3 Å². The Labute approximate surface area is 158 Å². The molecule has 1 heterocycles. The molecule has 0 saturated carbocycles. The fourth-order valence-electron chi connectivity index (χ4n) is 2.80. The number of ether oxygens (including phenoxy) is 1. The number of aryl methyl sites for hydroxylation is 1. The van der Waals surface area contributed by atoms with E-state index in [1.165, 1.54) is 10.4 Å². The van der Waals surface area contributed by atoms with Crippen LogP contribution >= 0.6 is 0 Å². The van der Waals surface area contributed by atoms with Crippen molar-refractivity contribution in [1.29, 1.82) is 0 Å². The van der Waals surface area contributed by atoms with E-state index in [9.17, 15) is 17.6 Å². The highest BCUT2D eigenvalue weighted by atomic mass is 32.2. The van der Waals surface area contributed by atoms with Gasteiger partial charge in [-0.25, -0.2) is 12.8 Å². The van der Waals surface area contributed by atoms with Crippen molar-refractivity contribution in [2.75, 3.05) is 31.6 Å². The van der Waals surface area contributed by atoms with Gasteiger partial charge in [0.1, 0.15) is 10.7 Å². The van der Waals surface area contributed by atoms with Crippen LogP contribution in [0.4, 0.5) is 10.1 Å². The highest BCUT2D eigenvalue weighted by Crippen LogP contribution is 2.22. The minimum Gasteiger partial charge on any atom is -0.379 e. The summed E-state index contributed by atoms with van der Waals surface area (Å²) in [7, 11) is -4.03. The second-order valence-electron chi connectivity index (χ2n) is 6.17. The quantitative estimate of drug-likeness (QED) is 0.849. The standard InChI is InChI=1S/C19H21FN2O4S/c1-2-14-3-6-16(7-4-14)21-19(23)15-5-8-17(20)18(13-15)27(24,25)22-9-11-26-12-10-22/h3-8,13H,2,9-12H2,1H3,(H,21,23). The highest BCUT2D eigenvalue weighted by molar-refractivity contribution is 7.89. The van der Waals surface area contributed by atoms with Gasteiger partial charge in [0.05, 0.1) is 13.2 Å². The van der Waals surface area contributed by atoms with Crippen molar-refractivity contribution in [3.63, 3.8) is 0 Å². The van der Waals surface area contributed by atoms with Crippen LogP contribution in [0.3, 0.4) is 0 Å². The van der Waals surface area contributed by atoms with Gasteiger partial charge in [0.25, 0.3) is 5.91 Å². The molecule has 6 nitrogen and oxygen atoms in total. The minimum absolute atomic E-state index is 0.0720. The molecule has 0 atom stereocenters. The number of halogens is 1. The molecule has 144 valence electrons. The number of hydrogen-bond donors (Lipinski definition) is 1. The first-order chi connectivity index (χ1) is 12.9. The summed E-state index contributed by atoms with van der Waals surface area (Å²) >= 11 is 0. The fourth-order valence-corrected chi connectivity index (χ4v) is 4.29. The van der Waals surface area contributed by atoms with Gasteiger partial charge in [0.15, 0.2) is 0 Å². The van der Waals surface area contributed by atoms with E-state index in [1.54, 1.807) is 12.1 Å². The van der Waals surface area contributed by atoms with Crippen molar-refractivity contribution >= 4 is 21.6 Å². The van der Waals surface area contributed by atoms with Crippen molar-refractivity contribution in [3.8, 4) is 0 Å². The molecule has 27 heavy (non-hydrogen) atoms. The van der Waals surface area contributed by atoms with Crippen molar-refractivity contribution in [2.45, 2.75) is 18.2 Å². The first-order valence-corrected chi connectivity index (χ1v) is 10.1. The molecule has 1 aliphatic heterocycles. The minimum atomic E-state index is -4.03. The predicted molar refractivity (Wildman–Crippen MR) is 99.8 cm³/mol. The zero-order chi connectivity index (χ0) is 19.4. The monoisotopic (exact) mass is 392 g/mol. The third-order valence-corrected chi connectivity index (χ3v) is 6.31. The summed E-state index contributed by atoms with van der Waals surface area (Å²) in [5.41, 5.74) is 1.79. The van der Waals surface area contributed by atoms with Crippen LogP contribution in [0.5, 0.6) is 0 Å². The lowest BCUT2D eigenvalue weighted by atomic mass is 10.1. The van der Waals surface area contributed by atoms with Crippen molar-refractivity contribution < 1.29 is 22.3 Å². The smallest absolute Gasteiger partial charge is 0.255 e. The molecule has 0 spiro atoms. The molecule has 3 rings (SSSR count). The molecule has 0 radical (unpaired) electrons. The van der Waals surface area contributed by atoms with Crippen LogP contribution in [0, 0.1) is 5.82 Å². The van der Waals surface area contributed by atoms with Gasteiger partial charge in [-0.15, -0.1) is 0 Å². The summed E-state index contributed by atoms with van der Waals surface area (Å²) in [5.74, 6) is -1.39. The number of carbonyl (C=O) groups excluding carboxylic acids is 1. The Hall–Kier alpha value is -2.29. The van der Waals surface area contributed by atoms with Crippen LogP contribution in [-0.2, 0) is 21.2 Å². The SMILES string of the molecule is CCc1ccc(NC(=O)c2ccc(F)c(S(=O)(=O)N3CCOCC3)c2)cc1. The average molecular weight is 392 g/mol. The summed E-state index contributed by atoms with van der Waals surface area (Å²) < 4.78 is 46.0. The number of rotatable bonds is 5. The number of anilines is 1. The molecule has 1 aliphatic rings. The molecule has 1 N–H and O–H groups in total. The Kier molecular flexibility index (Phi) is 5.88. The topological polar surface area (TPSA) is 75.7 Å². The molecule has 1 amide bonds. The maximum Gasteiger partial charge on any atom is 0.255 e. The van der Waals surface area contributed by atoms with Crippen molar-refractivity contribution in [3.05, 3.63) is 59.4 Å². The van der Waals surface area contributed by atoms with E-state index in [0.29, 0.717) is 5.69 Å². The molecule has 0 bridgehead atoms. The molecule has 0 unspecified atom stereocenters. The van der Waals surface area contributed by atoms with E-state index in [-0.39, 0.29) is 31.9 Å². The van der Waals surface area contributed by atoms with E-state index in [4.69, 9.17) is 4.74 Å². The zero-order valence-corrected chi connectivity index (χ0v) is 15.8. The van der Waals surface area contributed by atoms with Crippen LogP contribution in [0.2, 0.25) is 0 Å². The molecule has 0 aliphatic carbocycles. The fraction of sp³-hybridized carbons (Fsp3) is 0.316. The van der Waals surface area contributed by atoms with Crippen molar-refractivity contribution in [2.24, 2.45) is 0 Å². The van der Waals surface area contributed by atoms with E-state index < -0.39 is 26.6 Å². The second-order valence-corrected chi connectivity index (χ2v) is 8.07. The van der Waals surface area contributed by atoms with Crippen LogP contribution < -0.4 is 5.32 Å². The molecule has 2 aromatic rings. The zero-order valence-electron chi connectivity index (χ0n) is 14.9. The van der Waals surface area contributed by atoms with E-state index in [0.717, 1.165) is 24.1 Å². The summed E-state index contributed by atoms with van der Waals surface area (Å²) in [6.07, 6.45) is 0.884. The van der Waals surface area contributed by atoms with Gasteiger partial charge in [-0.1, -0.05) is 19.1 Å². The number of hydrogen-bond acceptors (Lipinski definition) is 4. The molecule has 0 aromatic heterocycles. The number of morpholine rings is 1. The third-order valence-electron chi connectivity index (χ3n) is 4.40. The van der Waals surface area contributed by atoms with E-state index in [1.807, 2.05) is 19.1 Å². The lowest BCUT2D eigenvalue weighted by Crippen LogP contribution is -2.41. The van der Waals surface area contributed by atoms with Gasteiger partial charge in [-0.05, 0) is 42.3 Å². The lowest BCUT2D eigenvalue weighted by molar-refractivity contribution is 0.0729. The normalized spacial score (nSPS) is 15.5. The molecule has 2 aromatic carbocycles. The summed E-state index contributed by atoms with van der Waals surface area (Å²) in [6.45, 7) is 2.86. The van der Waals surface area contributed by atoms with Crippen LogP contribution in [0.25, 0.3) is 0 Å². The Morgan fingerprint density at radius 3 is 2.44 bits per heavy atom. The summed E-state index contributed by atoms with van der Waals surface area (Å²) in [5, 5.41) is 2.70. The van der Waals surface area contributed by atoms with Gasteiger partial charge in [-0.3, -0.25) is 4.79 Å². The molecule has 8 heteroatoms. The number of carbonyl (C=O) groups is 1. The number of sulfonamides is 1. The molecular weight excluding hydrogens is 371 g/mol. The summed E-state index contributed by atoms with van der Waals surface area (Å²) in [4.78, 5) is 12.0. The summed E-state index contributed by atoms with van der Waals surface area (Å²) in [6, 6.07) is 10.7. The van der Waals surface area contributed by atoms with Gasteiger partial charge in [0.2, 0.25) is 10.0 Å². The first-order valence-electron chi connectivity index (χ1n) is 8.69. The number of benzene rings is 2. The molecule has 1 saturated heterocycles. The van der Waals surface area contributed by atoms with Crippen molar-refractivity contribution in [1.82, 2.24) is 4.31 Å². The molecule has 1 fully saturated rings. The maximum absolute atomic E-state index is 14.2. The van der Waals surface area contributed by atoms with Gasteiger partial charge >= 0.3 is 0 Å². The number of amides is 1. The first kappa shape index (κ1) is 19.5. The van der Waals surface area contributed by atoms with Crippen LogP contribution in [0.1, 0.15) is 22.8 Å². The Morgan fingerprint density at radius 2 is 1.81 bits per heavy atom. The lowest BCUT2D eigenvalue weighted by Gasteiger charge is -2.26. The van der Waals surface area contributed by atoms with Crippen LogP contribution in [-0.4, -0.2) is 44.9 Å². The number of nitrogens with zero attached hydrogens (tertiary/aromatic N) is 1. The third kappa shape index (κ3) is 4.35. The number of nitrogens with one attached hydrogen (secondary N) is 1. The molecular formula is C19H21FN2O4S. The van der Waals surface area contributed by atoms with Crippen LogP contribution in [0.15, 0.2) is 47.4 Å². The van der Waals surface area contributed by atoms with E-state index in [2.05, 4.69) is 5.32 Å². The largest absolute Gasteiger partial charge is 0.379 e. The van der Waals surface area contributed by atoms with Gasteiger partial charge < -0.3 is 10.1 Å². The van der Waals surface area contributed by atoms with E-state index >= 15 is 0 Å². The Balaban J connectivity index is 1.84. The Bertz CT molecular complexity index is 923. The second kappa shape index (κ2) is 8.16. The predicted octanol–water partition coefficient (Wildman–Crippen LogP) is 2.66. The average Bonchev–Trinajstić information content (AvgIpc) is 2.69. The maximum atomic E-state index is 14.2. The highest BCUT2D eigenvalue weighted by Gasteiger charge is 2.29. The van der Waals surface area contributed by atoms with Gasteiger partial charge in [-0.2, -0.15) is 4.31 Å².